The number of nitrogens with one attached hydrogen (secondary N) is 2. The zero-order chi connectivity index (χ0) is 16.7. The van der Waals surface area contributed by atoms with Crippen LogP contribution < -0.4 is 10.6 Å². The Hall–Kier alpha value is -2.19. The minimum absolute atomic E-state index is 0.0589. The zero-order valence-electron chi connectivity index (χ0n) is 12.5. The SMILES string of the molecule is FC(F)(F)c1cnc(Nc2ccc([C@@H]3O[C@H]4CN[C@@H]3C4)cc2)cn1. The second kappa shape index (κ2) is 5.71. The van der Waals surface area contributed by atoms with Gasteiger partial charge in [0.2, 0.25) is 0 Å². The van der Waals surface area contributed by atoms with E-state index in [1.165, 1.54) is 0 Å². The molecule has 3 atom stereocenters. The normalized spacial score (nSPS) is 25.9. The van der Waals surface area contributed by atoms with Crippen LogP contribution in [0.15, 0.2) is 36.7 Å². The summed E-state index contributed by atoms with van der Waals surface area (Å²) in [5.74, 6) is 0.258. The smallest absolute Gasteiger partial charge is 0.367 e. The Morgan fingerprint density at radius 1 is 1.12 bits per heavy atom. The summed E-state index contributed by atoms with van der Waals surface area (Å²) in [6.07, 6.45) is -1.32. The molecule has 0 radical (unpaired) electrons. The summed E-state index contributed by atoms with van der Waals surface area (Å²) in [7, 11) is 0. The highest BCUT2D eigenvalue weighted by molar-refractivity contribution is 5.55. The number of hydrogen-bond acceptors (Lipinski definition) is 5. The number of rotatable bonds is 3. The summed E-state index contributed by atoms with van der Waals surface area (Å²) in [5.41, 5.74) is 0.798. The third-order valence-corrected chi connectivity index (χ3v) is 4.28. The topological polar surface area (TPSA) is 59.1 Å². The average Bonchev–Trinajstić information content (AvgIpc) is 3.18. The van der Waals surface area contributed by atoms with E-state index in [9.17, 15) is 13.2 Å². The number of ether oxygens (including phenoxy) is 1. The first kappa shape index (κ1) is 15.3. The molecular formula is C16H15F3N4O. The maximum atomic E-state index is 12.5. The molecule has 0 aliphatic carbocycles. The number of fused-ring (bicyclic) bond motifs is 2. The van der Waals surface area contributed by atoms with Gasteiger partial charge in [0.05, 0.1) is 24.6 Å². The third kappa shape index (κ3) is 2.94. The van der Waals surface area contributed by atoms with E-state index in [0.29, 0.717) is 18.3 Å². The fourth-order valence-corrected chi connectivity index (χ4v) is 3.12. The highest BCUT2D eigenvalue weighted by Gasteiger charge is 2.41. The Morgan fingerprint density at radius 2 is 1.92 bits per heavy atom. The van der Waals surface area contributed by atoms with E-state index in [2.05, 4.69) is 20.6 Å². The lowest BCUT2D eigenvalue weighted by Crippen LogP contribution is -2.33. The summed E-state index contributed by atoms with van der Waals surface area (Å²) in [6.45, 7) is 0.910. The first-order valence-electron chi connectivity index (χ1n) is 7.64. The first-order valence-corrected chi connectivity index (χ1v) is 7.64. The van der Waals surface area contributed by atoms with Gasteiger partial charge >= 0.3 is 6.18 Å². The van der Waals surface area contributed by atoms with Gasteiger partial charge in [-0.2, -0.15) is 13.2 Å². The van der Waals surface area contributed by atoms with Gasteiger partial charge in [-0.25, -0.2) is 9.97 Å². The second-order valence-electron chi connectivity index (χ2n) is 5.96. The number of morpholine rings is 1. The first-order chi connectivity index (χ1) is 11.5. The van der Waals surface area contributed by atoms with E-state index < -0.39 is 11.9 Å². The van der Waals surface area contributed by atoms with E-state index in [0.717, 1.165) is 30.4 Å². The van der Waals surface area contributed by atoms with E-state index in [4.69, 9.17) is 4.74 Å². The maximum Gasteiger partial charge on any atom is 0.434 e. The van der Waals surface area contributed by atoms with E-state index in [1.54, 1.807) is 0 Å². The molecule has 24 heavy (non-hydrogen) atoms. The van der Waals surface area contributed by atoms with Crippen LogP contribution in [0.4, 0.5) is 24.7 Å². The van der Waals surface area contributed by atoms with Crippen molar-refractivity contribution in [3.8, 4) is 0 Å². The van der Waals surface area contributed by atoms with Crippen molar-refractivity contribution in [3.63, 3.8) is 0 Å². The molecule has 2 fully saturated rings. The van der Waals surface area contributed by atoms with Gasteiger partial charge in [0.15, 0.2) is 5.69 Å². The van der Waals surface area contributed by atoms with E-state index in [1.807, 2.05) is 24.3 Å². The van der Waals surface area contributed by atoms with Gasteiger partial charge in [-0.15, -0.1) is 0 Å². The molecule has 3 heterocycles. The molecule has 2 saturated heterocycles. The number of nitrogens with zero attached hydrogens (tertiary/aromatic N) is 2. The van der Waals surface area contributed by atoms with E-state index in [-0.39, 0.29) is 11.9 Å². The van der Waals surface area contributed by atoms with Gasteiger partial charge in [-0.05, 0) is 24.1 Å². The minimum atomic E-state index is -4.48. The highest BCUT2D eigenvalue weighted by Crippen LogP contribution is 2.37. The second-order valence-corrected chi connectivity index (χ2v) is 5.96. The Morgan fingerprint density at radius 3 is 2.46 bits per heavy atom. The monoisotopic (exact) mass is 336 g/mol. The molecule has 2 bridgehead atoms. The Bertz CT molecular complexity index is 718. The number of halogens is 3. The molecule has 0 spiro atoms. The largest absolute Gasteiger partial charge is 0.434 e. The summed E-state index contributed by atoms with van der Waals surface area (Å²) in [5, 5.41) is 6.36. The predicted octanol–water partition coefficient (Wildman–Crippen LogP) is 3.04. The van der Waals surface area contributed by atoms with Crippen LogP contribution in [0.25, 0.3) is 0 Å². The van der Waals surface area contributed by atoms with Crippen LogP contribution in [0, 0.1) is 0 Å². The zero-order valence-corrected chi connectivity index (χ0v) is 12.5. The summed E-state index contributed by atoms with van der Waals surface area (Å²) in [6, 6.07) is 7.96. The van der Waals surface area contributed by atoms with Gasteiger partial charge in [0, 0.05) is 18.3 Å². The van der Waals surface area contributed by atoms with Crippen LogP contribution in [-0.4, -0.2) is 28.7 Å². The number of anilines is 2. The highest BCUT2D eigenvalue weighted by atomic mass is 19.4. The Kier molecular flexibility index (Phi) is 3.65. The van der Waals surface area contributed by atoms with Gasteiger partial charge < -0.3 is 15.4 Å². The molecule has 2 N–H and O–H groups in total. The number of aromatic nitrogens is 2. The molecule has 5 nitrogen and oxygen atoms in total. The maximum absolute atomic E-state index is 12.5. The molecule has 0 saturated carbocycles. The number of benzene rings is 1. The fraction of sp³-hybridized carbons (Fsp3) is 0.375. The summed E-state index contributed by atoms with van der Waals surface area (Å²) in [4.78, 5) is 7.12. The molecule has 8 heteroatoms. The standard InChI is InChI=1S/C16H15F3N4O/c17-16(18,19)13-7-22-14(8-21-13)23-10-3-1-9(2-4-10)15-12-5-11(24-15)6-20-12/h1-4,7-8,11-12,15,20H,5-6H2,(H,22,23)/t11-,12-,15+/m1/s1. The molecule has 126 valence electrons. The van der Waals surface area contributed by atoms with Crippen LogP contribution >= 0.6 is 0 Å². The van der Waals surface area contributed by atoms with Crippen LogP contribution in [0.5, 0.6) is 0 Å². The molecule has 2 aliphatic rings. The van der Waals surface area contributed by atoms with Gasteiger partial charge in [0.25, 0.3) is 0 Å². The summed E-state index contributed by atoms with van der Waals surface area (Å²) < 4.78 is 43.3. The molecule has 1 aromatic heterocycles. The van der Waals surface area contributed by atoms with Crippen molar-refractivity contribution in [2.24, 2.45) is 0 Å². The van der Waals surface area contributed by atoms with Crippen molar-refractivity contribution in [1.82, 2.24) is 15.3 Å². The quantitative estimate of drug-likeness (QED) is 0.902. The lowest BCUT2D eigenvalue weighted by Gasteiger charge is -2.23. The predicted molar refractivity (Wildman–Crippen MR) is 80.8 cm³/mol. The average molecular weight is 336 g/mol. The van der Waals surface area contributed by atoms with Gasteiger partial charge in [0.1, 0.15) is 5.82 Å². The molecule has 4 rings (SSSR count). The van der Waals surface area contributed by atoms with E-state index >= 15 is 0 Å². The minimum Gasteiger partial charge on any atom is -0.367 e. The summed E-state index contributed by atoms with van der Waals surface area (Å²) >= 11 is 0. The number of hydrogen-bond donors (Lipinski definition) is 2. The molecule has 0 unspecified atom stereocenters. The van der Waals surface area contributed by atoms with Crippen molar-refractivity contribution in [2.45, 2.75) is 30.8 Å². The number of alkyl halides is 3. The molecule has 0 amide bonds. The van der Waals surface area contributed by atoms with Crippen molar-refractivity contribution >= 4 is 11.5 Å². The van der Waals surface area contributed by atoms with Crippen LogP contribution in [-0.2, 0) is 10.9 Å². The Balaban J connectivity index is 1.44. The van der Waals surface area contributed by atoms with Crippen molar-refractivity contribution in [3.05, 3.63) is 47.9 Å². The van der Waals surface area contributed by atoms with Crippen LogP contribution in [0.2, 0.25) is 0 Å². The molecule has 1 aromatic carbocycles. The molecular weight excluding hydrogens is 321 g/mol. The van der Waals surface area contributed by atoms with Crippen LogP contribution in [0.3, 0.4) is 0 Å². The lowest BCUT2D eigenvalue weighted by molar-refractivity contribution is -0.141. The van der Waals surface area contributed by atoms with Crippen molar-refractivity contribution in [1.29, 1.82) is 0 Å². The van der Waals surface area contributed by atoms with Crippen molar-refractivity contribution in [2.75, 3.05) is 11.9 Å². The third-order valence-electron chi connectivity index (χ3n) is 4.28. The molecule has 2 aliphatic heterocycles. The van der Waals surface area contributed by atoms with Gasteiger partial charge in [-0.1, -0.05) is 12.1 Å². The Labute approximate surface area is 136 Å². The van der Waals surface area contributed by atoms with Crippen molar-refractivity contribution < 1.29 is 17.9 Å². The lowest BCUT2D eigenvalue weighted by atomic mass is 10.0. The molecule has 2 aromatic rings. The van der Waals surface area contributed by atoms with Crippen LogP contribution in [0.1, 0.15) is 23.8 Å². The fourth-order valence-electron chi connectivity index (χ4n) is 3.12. The van der Waals surface area contributed by atoms with Gasteiger partial charge in [-0.3, -0.25) is 0 Å².